The highest BCUT2D eigenvalue weighted by atomic mass is 35.5. The maximum atomic E-state index is 14.0. The van der Waals surface area contributed by atoms with E-state index in [1.165, 1.54) is 55.6 Å². The number of methoxy groups -OCH3 is 1. The van der Waals surface area contributed by atoms with Crippen LogP contribution in [0, 0.1) is 5.82 Å². The number of phenols is 1. The molecular formula is C24H16Cl2FNO5. The number of Topliss-reactive ketones (excluding diaryl/α,β-unsaturated/α-hetero) is 1. The smallest absolute Gasteiger partial charge is 0.300 e. The Morgan fingerprint density at radius 1 is 1.03 bits per heavy atom. The molecule has 1 unspecified atom stereocenters. The van der Waals surface area contributed by atoms with Gasteiger partial charge in [0.1, 0.15) is 17.3 Å². The lowest BCUT2D eigenvalue weighted by Crippen LogP contribution is -2.29. The lowest BCUT2D eigenvalue weighted by atomic mass is 9.95. The first-order valence-electron chi connectivity index (χ1n) is 9.61. The number of halogens is 3. The van der Waals surface area contributed by atoms with Crippen LogP contribution in [0.4, 0.5) is 10.1 Å². The van der Waals surface area contributed by atoms with Gasteiger partial charge in [-0.1, -0.05) is 41.4 Å². The standard InChI is InChI=1S/C24H16Cl2FNO5/c1-33-23-17(25)9-13(10-18(23)26)21(30)19-20(12-4-2-7-16(29)8-12)28(24(32)22(19)31)15-6-3-5-14(27)11-15/h2-11,20,29-30H,1H3/b21-19+. The van der Waals surface area contributed by atoms with Crippen LogP contribution in [-0.2, 0) is 9.59 Å². The first kappa shape index (κ1) is 22.6. The lowest BCUT2D eigenvalue weighted by molar-refractivity contribution is -0.132. The van der Waals surface area contributed by atoms with E-state index in [1.807, 2.05) is 0 Å². The van der Waals surface area contributed by atoms with Crippen LogP contribution in [0.5, 0.6) is 11.5 Å². The van der Waals surface area contributed by atoms with Gasteiger partial charge in [0, 0.05) is 11.3 Å². The molecule has 9 heteroatoms. The predicted octanol–water partition coefficient (Wildman–Crippen LogP) is 5.47. The van der Waals surface area contributed by atoms with Crippen molar-refractivity contribution < 1.29 is 28.9 Å². The maximum absolute atomic E-state index is 14.0. The summed E-state index contributed by atoms with van der Waals surface area (Å²) in [5, 5.41) is 21.3. The van der Waals surface area contributed by atoms with Crippen molar-refractivity contribution in [2.24, 2.45) is 0 Å². The van der Waals surface area contributed by atoms with Gasteiger partial charge in [-0.3, -0.25) is 14.5 Å². The second-order valence-electron chi connectivity index (χ2n) is 7.22. The molecule has 3 aromatic carbocycles. The number of aromatic hydroxyl groups is 1. The van der Waals surface area contributed by atoms with Crippen LogP contribution in [-0.4, -0.2) is 29.0 Å². The molecule has 3 aromatic rings. The van der Waals surface area contributed by atoms with Gasteiger partial charge >= 0.3 is 0 Å². The summed E-state index contributed by atoms with van der Waals surface area (Å²) in [6.07, 6.45) is 0. The number of ether oxygens (including phenoxy) is 1. The predicted molar refractivity (Wildman–Crippen MR) is 122 cm³/mol. The van der Waals surface area contributed by atoms with Crippen molar-refractivity contribution >= 4 is 46.3 Å². The average Bonchev–Trinajstić information content (AvgIpc) is 3.03. The Morgan fingerprint density at radius 2 is 1.70 bits per heavy atom. The van der Waals surface area contributed by atoms with Gasteiger partial charge in [-0.05, 0) is 48.0 Å². The molecule has 1 saturated heterocycles. The number of carbonyl (C=O) groups excluding carboxylic acids is 2. The topological polar surface area (TPSA) is 87.1 Å². The van der Waals surface area contributed by atoms with Crippen LogP contribution < -0.4 is 9.64 Å². The molecule has 1 atom stereocenters. The molecule has 0 aromatic heterocycles. The molecule has 0 bridgehead atoms. The Hall–Kier alpha value is -3.55. The van der Waals surface area contributed by atoms with Crippen molar-refractivity contribution in [3.05, 3.63) is 93.2 Å². The van der Waals surface area contributed by atoms with E-state index in [1.54, 1.807) is 6.07 Å². The molecule has 4 rings (SSSR count). The van der Waals surface area contributed by atoms with E-state index in [4.69, 9.17) is 27.9 Å². The van der Waals surface area contributed by atoms with Crippen LogP contribution in [0.2, 0.25) is 10.0 Å². The molecule has 2 N–H and O–H groups in total. The fraction of sp³-hybridized carbons (Fsp3) is 0.0833. The fourth-order valence-corrected chi connectivity index (χ4v) is 4.42. The zero-order valence-corrected chi connectivity index (χ0v) is 18.6. The van der Waals surface area contributed by atoms with E-state index in [-0.39, 0.29) is 38.4 Å². The molecule has 1 heterocycles. The van der Waals surface area contributed by atoms with Crippen molar-refractivity contribution in [1.29, 1.82) is 0 Å². The second-order valence-corrected chi connectivity index (χ2v) is 8.03. The summed E-state index contributed by atoms with van der Waals surface area (Å²) in [5.41, 5.74) is 0.237. The van der Waals surface area contributed by atoms with E-state index in [0.29, 0.717) is 5.56 Å². The lowest BCUT2D eigenvalue weighted by Gasteiger charge is -2.25. The molecule has 1 aliphatic heterocycles. The summed E-state index contributed by atoms with van der Waals surface area (Å²) < 4.78 is 19.1. The Bertz CT molecular complexity index is 1300. The number of nitrogens with zero attached hydrogens (tertiary/aromatic N) is 1. The Balaban J connectivity index is 1.98. The van der Waals surface area contributed by atoms with Crippen molar-refractivity contribution in [3.8, 4) is 11.5 Å². The Kier molecular flexibility index (Phi) is 6.01. The van der Waals surface area contributed by atoms with Gasteiger partial charge in [0.05, 0.1) is 28.8 Å². The summed E-state index contributed by atoms with van der Waals surface area (Å²) in [6, 6.07) is 12.6. The van der Waals surface area contributed by atoms with Gasteiger partial charge in [-0.15, -0.1) is 0 Å². The van der Waals surface area contributed by atoms with Crippen molar-refractivity contribution in [2.75, 3.05) is 12.0 Å². The minimum Gasteiger partial charge on any atom is -0.508 e. The molecule has 1 fully saturated rings. The first-order valence-corrected chi connectivity index (χ1v) is 10.4. The molecule has 0 saturated carbocycles. The zero-order valence-electron chi connectivity index (χ0n) is 17.1. The second kappa shape index (κ2) is 8.77. The van der Waals surface area contributed by atoms with Crippen LogP contribution in [0.1, 0.15) is 17.2 Å². The maximum Gasteiger partial charge on any atom is 0.300 e. The highest BCUT2D eigenvalue weighted by Crippen LogP contribution is 2.44. The highest BCUT2D eigenvalue weighted by molar-refractivity contribution is 6.51. The van der Waals surface area contributed by atoms with Gasteiger partial charge in [0.2, 0.25) is 0 Å². The molecule has 1 amide bonds. The Labute approximate surface area is 198 Å². The quantitative estimate of drug-likeness (QED) is 0.289. The number of benzene rings is 3. The van der Waals surface area contributed by atoms with E-state index in [2.05, 4.69) is 0 Å². The Morgan fingerprint density at radius 3 is 2.30 bits per heavy atom. The normalized spacial score (nSPS) is 17.5. The van der Waals surface area contributed by atoms with Crippen LogP contribution in [0.3, 0.4) is 0 Å². The number of hydrogen-bond donors (Lipinski definition) is 2. The largest absolute Gasteiger partial charge is 0.508 e. The molecule has 0 spiro atoms. The molecule has 0 aliphatic carbocycles. The number of carbonyl (C=O) groups is 2. The summed E-state index contributed by atoms with van der Waals surface area (Å²) >= 11 is 12.4. The molecule has 168 valence electrons. The number of aliphatic hydroxyl groups is 1. The third kappa shape index (κ3) is 4.01. The summed E-state index contributed by atoms with van der Waals surface area (Å²) in [6.45, 7) is 0. The van der Waals surface area contributed by atoms with Gasteiger partial charge in [-0.2, -0.15) is 0 Å². The van der Waals surface area contributed by atoms with E-state index in [9.17, 15) is 24.2 Å². The van der Waals surface area contributed by atoms with Gasteiger partial charge in [0.15, 0.2) is 5.75 Å². The number of amides is 1. The van der Waals surface area contributed by atoms with Crippen LogP contribution in [0.25, 0.3) is 5.76 Å². The summed E-state index contributed by atoms with van der Waals surface area (Å²) in [7, 11) is 1.37. The van der Waals surface area contributed by atoms with Crippen LogP contribution >= 0.6 is 23.2 Å². The highest BCUT2D eigenvalue weighted by Gasteiger charge is 2.47. The van der Waals surface area contributed by atoms with E-state index in [0.717, 1.165) is 11.0 Å². The zero-order chi connectivity index (χ0) is 23.9. The summed E-state index contributed by atoms with van der Waals surface area (Å²) in [4.78, 5) is 27.2. The average molecular weight is 488 g/mol. The van der Waals surface area contributed by atoms with E-state index >= 15 is 0 Å². The molecule has 6 nitrogen and oxygen atoms in total. The number of anilines is 1. The van der Waals surface area contributed by atoms with Crippen molar-refractivity contribution in [2.45, 2.75) is 6.04 Å². The van der Waals surface area contributed by atoms with Gasteiger partial charge in [0.25, 0.3) is 11.7 Å². The summed E-state index contributed by atoms with van der Waals surface area (Å²) in [5.74, 6) is -3.05. The SMILES string of the molecule is COc1c(Cl)cc(/C(O)=C2\C(=O)C(=O)N(c3cccc(F)c3)C2c2cccc(O)c2)cc1Cl. The van der Waals surface area contributed by atoms with E-state index < -0.39 is 29.3 Å². The number of aliphatic hydroxyl groups excluding tert-OH is 1. The number of ketones is 1. The number of phenolic OH excluding ortho intramolecular Hbond substituents is 1. The fourth-order valence-electron chi connectivity index (χ4n) is 3.78. The third-order valence-electron chi connectivity index (χ3n) is 5.19. The van der Waals surface area contributed by atoms with Crippen molar-refractivity contribution in [1.82, 2.24) is 0 Å². The minimum absolute atomic E-state index is 0.0770. The monoisotopic (exact) mass is 487 g/mol. The molecule has 33 heavy (non-hydrogen) atoms. The first-order chi connectivity index (χ1) is 15.7. The van der Waals surface area contributed by atoms with Crippen LogP contribution in [0.15, 0.2) is 66.2 Å². The van der Waals surface area contributed by atoms with Gasteiger partial charge in [-0.25, -0.2) is 4.39 Å². The minimum atomic E-state index is -1.15. The molecule has 0 radical (unpaired) electrons. The molecule has 1 aliphatic rings. The van der Waals surface area contributed by atoms with Gasteiger partial charge < -0.3 is 14.9 Å². The number of rotatable bonds is 4. The third-order valence-corrected chi connectivity index (χ3v) is 5.75. The molecular weight excluding hydrogens is 472 g/mol. The number of hydrogen-bond acceptors (Lipinski definition) is 5. The van der Waals surface area contributed by atoms with Crippen molar-refractivity contribution in [3.63, 3.8) is 0 Å².